The van der Waals surface area contributed by atoms with Gasteiger partial charge >= 0.3 is 0 Å². The maximum absolute atomic E-state index is 13.0. The summed E-state index contributed by atoms with van der Waals surface area (Å²) in [5, 5.41) is 14.4. The van der Waals surface area contributed by atoms with Gasteiger partial charge in [0.25, 0.3) is 5.91 Å². The summed E-state index contributed by atoms with van der Waals surface area (Å²) in [4.78, 5) is 17.3. The van der Waals surface area contributed by atoms with E-state index in [9.17, 15) is 9.18 Å². The Labute approximate surface area is 160 Å². The molecule has 0 aliphatic carbocycles. The van der Waals surface area contributed by atoms with Crippen LogP contribution in [0.3, 0.4) is 0 Å². The molecular formula is C19H18FN7O. The molecule has 9 heteroatoms. The van der Waals surface area contributed by atoms with Crippen molar-refractivity contribution >= 4 is 23.2 Å². The van der Waals surface area contributed by atoms with E-state index in [1.165, 1.54) is 10.7 Å². The lowest BCUT2D eigenvalue weighted by molar-refractivity contribution is 0.102. The SMILES string of the molecule is CNc1ccn2ncc(C(=O)Nc3cc(C)nn3-c3cccc(CF)c3)c2n1. The summed E-state index contributed by atoms with van der Waals surface area (Å²) < 4.78 is 16.1. The normalized spacial score (nSPS) is 11.0. The summed E-state index contributed by atoms with van der Waals surface area (Å²) in [6, 6.07) is 10.5. The molecule has 2 N–H and O–H groups in total. The molecule has 4 rings (SSSR count). The minimum absolute atomic E-state index is 0.333. The maximum Gasteiger partial charge on any atom is 0.262 e. The van der Waals surface area contributed by atoms with Gasteiger partial charge in [-0.1, -0.05) is 12.1 Å². The number of rotatable bonds is 5. The minimum Gasteiger partial charge on any atom is -0.373 e. The average molecular weight is 379 g/mol. The molecule has 0 saturated carbocycles. The molecule has 3 aromatic heterocycles. The van der Waals surface area contributed by atoms with Crippen LogP contribution in [0.2, 0.25) is 0 Å². The van der Waals surface area contributed by atoms with Crippen LogP contribution in [0.5, 0.6) is 0 Å². The Bertz CT molecular complexity index is 1160. The number of hydrogen-bond acceptors (Lipinski definition) is 5. The van der Waals surface area contributed by atoms with Crippen LogP contribution in [0.4, 0.5) is 16.0 Å². The van der Waals surface area contributed by atoms with Gasteiger partial charge in [0.1, 0.15) is 23.9 Å². The molecule has 0 unspecified atom stereocenters. The Morgan fingerprint density at radius 1 is 1.25 bits per heavy atom. The Kier molecular flexibility index (Phi) is 4.48. The molecule has 0 bridgehead atoms. The lowest BCUT2D eigenvalue weighted by Crippen LogP contribution is -2.15. The molecule has 142 valence electrons. The van der Waals surface area contributed by atoms with Crippen LogP contribution in [0, 0.1) is 6.92 Å². The lowest BCUT2D eigenvalue weighted by Gasteiger charge is -2.09. The Morgan fingerprint density at radius 3 is 2.89 bits per heavy atom. The number of alkyl halides is 1. The molecule has 0 fully saturated rings. The highest BCUT2D eigenvalue weighted by Gasteiger charge is 2.17. The van der Waals surface area contributed by atoms with E-state index in [0.717, 1.165) is 5.69 Å². The van der Waals surface area contributed by atoms with Crippen molar-refractivity contribution in [1.29, 1.82) is 0 Å². The Balaban J connectivity index is 1.69. The summed E-state index contributed by atoms with van der Waals surface area (Å²) in [5.74, 6) is 0.743. The van der Waals surface area contributed by atoms with Gasteiger partial charge in [0.15, 0.2) is 5.65 Å². The summed E-state index contributed by atoms with van der Waals surface area (Å²) in [6.07, 6.45) is 3.19. The number of carbonyl (C=O) groups is 1. The van der Waals surface area contributed by atoms with Gasteiger partial charge in [0, 0.05) is 19.3 Å². The van der Waals surface area contributed by atoms with Crippen molar-refractivity contribution in [3.8, 4) is 5.69 Å². The molecular weight excluding hydrogens is 361 g/mol. The molecule has 8 nitrogen and oxygen atoms in total. The molecule has 0 aliphatic rings. The smallest absolute Gasteiger partial charge is 0.262 e. The van der Waals surface area contributed by atoms with Crippen molar-refractivity contribution in [2.45, 2.75) is 13.6 Å². The predicted octanol–water partition coefficient (Wildman–Crippen LogP) is 2.99. The first kappa shape index (κ1) is 17.7. The maximum atomic E-state index is 13.0. The summed E-state index contributed by atoms with van der Waals surface area (Å²) in [7, 11) is 1.75. The summed E-state index contributed by atoms with van der Waals surface area (Å²) >= 11 is 0. The first-order chi connectivity index (χ1) is 13.6. The number of amides is 1. The van der Waals surface area contributed by atoms with E-state index >= 15 is 0 Å². The van der Waals surface area contributed by atoms with Crippen molar-refractivity contribution in [3.05, 3.63) is 65.6 Å². The first-order valence-corrected chi connectivity index (χ1v) is 8.64. The third-order valence-electron chi connectivity index (χ3n) is 4.25. The number of hydrogen-bond donors (Lipinski definition) is 2. The van der Waals surface area contributed by atoms with Crippen LogP contribution in [-0.4, -0.2) is 37.3 Å². The quantitative estimate of drug-likeness (QED) is 0.556. The van der Waals surface area contributed by atoms with Crippen LogP contribution >= 0.6 is 0 Å². The molecule has 0 saturated heterocycles. The van der Waals surface area contributed by atoms with Crippen LogP contribution in [0.25, 0.3) is 11.3 Å². The van der Waals surface area contributed by atoms with E-state index in [1.807, 2.05) is 6.92 Å². The fraction of sp³-hybridized carbons (Fsp3) is 0.158. The number of halogens is 1. The largest absolute Gasteiger partial charge is 0.373 e. The van der Waals surface area contributed by atoms with Gasteiger partial charge in [-0.15, -0.1) is 0 Å². The summed E-state index contributed by atoms with van der Waals surface area (Å²) in [5.41, 5.74) is 2.69. The highest BCUT2D eigenvalue weighted by atomic mass is 19.1. The number of anilines is 2. The van der Waals surface area contributed by atoms with Gasteiger partial charge < -0.3 is 10.6 Å². The van der Waals surface area contributed by atoms with Crippen molar-refractivity contribution in [2.24, 2.45) is 0 Å². The lowest BCUT2D eigenvalue weighted by atomic mass is 10.2. The van der Waals surface area contributed by atoms with Gasteiger partial charge in [-0.25, -0.2) is 18.6 Å². The molecule has 1 amide bonds. The van der Waals surface area contributed by atoms with E-state index in [1.54, 1.807) is 54.3 Å². The zero-order valence-electron chi connectivity index (χ0n) is 15.3. The number of aromatic nitrogens is 5. The number of fused-ring (bicyclic) bond motifs is 1. The third-order valence-corrected chi connectivity index (χ3v) is 4.25. The van der Waals surface area contributed by atoms with Crippen LogP contribution in [0.1, 0.15) is 21.6 Å². The zero-order chi connectivity index (χ0) is 19.7. The molecule has 3 heterocycles. The number of nitrogens with zero attached hydrogens (tertiary/aromatic N) is 5. The Hall–Kier alpha value is -3.75. The van der Waals surface area contributed by atoms with E-state index in [4.69, 9.17) is 0 Å². The monoisotopic (exact) mass is 379 g/mol. The third kappa shape index (κ3) is 3.18. The Morgan fingerprint density at radius 2 is 2.11 bits per heavy atom. The highest BCUT2D eigenvalue weighted by Crippen LogP contribution is 2.20. The van der Waals surface area contributed by atoms with Gasteiger partial charge in [0.05, 0.1) is 17.6 Å². The van der Waals surface area contributed by atoms with Crippen molar-refractivity contribution in [1.82, 2.24) is 24.4 Å². The average Bonchev–Trinajstić information content (AvgIpc) is 3.30. The van der Waals surface area contributed by atoms with E-state index in [2.05, 4.69) is 25.8 Å². The molecule has 1 aromatic carbocycles. The van der Waals surface area contributed by atoms with E-state index in [0.29, 0.717) is 34.1 Å². The second kappa shape index (κ2) is 7.10. The molecule has 0 atom stereocenters. The zero-order valence-corrected chi connectivity index (χ0v) is 15.3. The van der Waals surface area contributed by atoms with Crippen molar-refractivity contribution in [3.63, 3.8) is 0 Å². The summed E-state index contributed by atoms with van der Waals surface area (Å²) in [6.45, 7) is 1.25. The number of aryl methyl sites for hydroxylation is 1. The number of benzene rings is 1. The van der Waals surface area contributed by atoms with Gasteiger partial charge in [-0.05, 0) is 30.7 Å². The molecule has 4 aromatic rings. The minimum atomic E-state index is -0.572. The fourth-order valence-electron chi connectivity index (χ4n) is 2.91. The second-order valence-corrected chi connectivity index (χ2v) is 6.23. The van der Waals surface area contributed by atoms with Gasteiger partial charge in [-0.3, -0.25) is 4.79 Å². The topological polar surface area (TPSA) is 89.1 Å². The van der Waals surface area contributed by atoms with Crippen LogP contribution in [0.15, 0.2) is 48.8 Å². The highest BCUT2D eigenvalue weighted by molar-refractivity contribution is 6.08. The van der Waals surface area contributed by atoms with Crippen LogP contribution < -0.4 is 10.6 Å². The van der Waals surface area contributed by atoms with E-state index < -0.39 is 6.67 Å². The molecule has 0 aliphatic heterocycles. The predicted molar refractivity (Wildman–Crippen MR) is 104 cm³/mol. The first-order valence-electron chi connectivity index (χ1n) is 8.64. The molecule has 0 radical (unpaired) electrons. The number of nitrogens with one attached hydrogen (secondary N) is 2. The van der Waals surface area contributed by atoms with Gasteiger partial charge in [0.2, 0.25) is 0 Å². The molecule has 28 heavy (non-hydrogen) atoms. The van der Waals surface area contributed by atoms with Crippen molar-refractivity contribution in [2.75, 3.05) is 17.7 Å². The van der Waals surface area contributed by atoms with Crippen LogP contribution in [-0.2, 0) is 6.67 Å². The molecule has 0 spiro atoms. The number of carbonyl (C=O) groups excluding carboxylic acids is 1. The van der Waals surface area contributed by atoms with Gasteiger partial charge in [-0.2, -0.15) is 10.2 Å². The second-order valence-electron chi connectivity index (χ2n) is 6.23. The van der Waals surface area contributed by atoms with E-state index in [-0.39, 0.29) is 5.91 Å². The standard InChI is InChI=1S/C19H18FN7O/c1-12-8-17(27(25-12)14-5-3-4-13(9-14)10-20)24-19(28)15-11-22-26-7-6-16(21-2)23-18(15)26/h3-9,11H,10H2,1-2H3,(H,21,23)(H,24,28). The van der Waals surface area contributed by atoms with Crippen molar-refractivity contribution < 1.29 is 9.18 Å². The fourth-order valence-corrected chi connectivity index (χ4v) is 2.91.